The highest BCUT2D eigenvalue weighted by Gasteiger charge is 2.34. The molecule has 0 aliphatic carbocycles. The van der Waals surface area contributed by atoms with E-state index >= 15 is 0 Å². The number of aromatic nitrogens is 3. The summed E-state index contributed by atoms with van der Waals surface area (Å²) in [4.78, 5) is 27.9. The Labute approximate surface area is 156 Å². The van der Waals surface area contributed by atoms with Gasteiger partial charge in [0, 0.05) is 18.7 Å². The predicted molar refractivity (Wildman–Crippen MR) is 95.8 cm³/mol. The van der Waals surface area contributed by atoms with E-state index in [0.29, 0.717) is 17.9 Å². The number of hydroxylamine groups is 1. The highest BCUT2D eigenvalue weighted by molar-refractivity contribution is 5.99. The molecular formula is C18H21FN6O2. The van der Waals surface area contributed by atoms with Crippen molar-refractivity contribution in [1.82, 2.24) is 25.1 Å². The molecular weight excluding hydrogens is 351 g/mol. The van der Waals surface area contributed by atoms with E-state index in [1.54, 1.807) is 10.9 Å². The molecule has 1 amide bonds. The van der Waals surface area contributed by atoms with Crippen molar-refractivity contribution in [3.63, 3.8) is 0 Å². The van der Waals surface area contributed by atoms with Crippen molar-refractivity contribution in [3.8, 4) is 0 Å². The summed E-state index contributed by atoms with van der Waals surface area (Å²) in [5, 5.41) is 4.28. The van der Waals surface area contributed by atoms with Gasteiger partial charge in [-0.05, 0) is 24.5 Å². The molecule has 0 bridgehead atoms. The number of likely N-dealkylation sites (tertiary alicyclic amines) is 1. The van der Waals surface area contributed by atoms with Crippen LogP contribution in [0.1, 0.15) is 41.7 Å². The molecule has 2 aromatic rings. The lowest BCUT2D eigenvalue weighted by molar-refractivity contribution is 0.0538. The minimum Gasteiger partial charge on any atom is -0.353 e. The van der Waals surface area contributed by atoms with E-state index in [9.17, 15) is 9.18 Å². The Bertz CT molecular complexity index is 896. The standard InChI is InChI=1S/C18H21FN6O2/c1-11-10-25-17(14(9-21-25)18(26)23-27-2)22-16(11)24-5-3-4-15(24)12-6-13(19)8-20-7-12/h6-9,11,15H,3-5,10H2,1-2H3,(H,23,26)/t11?,15-/m1/s1. The van der Waals surface area contributed by atoms with Gasteiger partial charge in [-0.15, -0.1) is 0 Å². The van der Waals surface area contributed by atoms with Gasteiger partial charge in [-0.1, -0.05) is 6.92 Å². The highest BCUT2D eigenvalue weighted by atomic mass is 19.1. The number of carbonyl (C=O) groups excluding carboxylic acids is 1. The summed E-state index contributed by atoms with van der Waals surface area (Å²) in [5.74, 6) is 0.804. The Balaban J connectivity index is 1.70. The summed E-state index contributed by atoms with van der Waals surface area (Å²) in [6.07, 6.45) is 6.32. The molecule has 4 rings (SSSR count). The third-order valence-corrected chi connectivity index (χ3v) is 5.02. The van der Waals surface area contributed by atoms with Crippen LogP contribution in [-0.2, 0) is 11.4 Å². The lowest BCUT2D eigenvalue weighted by Crippen LogP contribution is -2.38. The fourth-order valence-electron chi connectivity index (χ4n) is 3.84. The number of rotatable bonds is 3. The molecule has 1 fully saturated rings. The Morgan fingerprint density at radius 2 is 2.22 bits per heavy atom. The SMILES string of the molecule is CONC(=O)c1cnn2c1N=C(N1CCC[C@@H]1c1cncc(F)c1)C(C)C2. The second-order valence-corrected chi connectivity index (χ2v) is 6.86. The molecule has 2 aromatic heterocycles. The molecule has 2 aliphatic rings. The molecule has 8 nitrogen and oxygen atoms in total. The van der Waals surface area contributed by atoms with E-state index in [1.807, 2.05) is 0 Å². The quantitative estimate of drug-likeness (QED) is 0.835. The molecule has 142 valence electrons. The van der Waals surface area contributed by atoms with Gasteiger partial charge >= 0.3 is 0 Å². The van der Waals surface area contributed by atoms with Gasteiger partial charge in [0.05, 0.1) is 32.1 Å². The minimum absolute atomic E-state index is 0.0279. The Morgan fingerprint density at radius 3 is 3.00 bits per heavy atom. The molecule has 2 aliphatic heterocycles. The average Bonchev–Trinajstić information content (AvgIpc) is 3.27. The lowest BCUT2D eigenvalue weighted by atomic mass is 10.0. The van der Waals surface area contributed by atoms with Crippen LogP contribution in [-0.4, -0.2) is 45.1 Å². The molecule has 0 spiro atoms. The molecule has 4 heterocycles. The van der Waals surface area contributed by atoms with Crippen molar-refractivity contribution in [1.29, 1.82) is 0 Å². The summed E-state index contributed by atoms with van der Waals surface area (Å²) < 4.78 is 15.4. The summed E-state index contributed by atoms with van der Waals surface area (Å²) in [7, 11) is 1.38. The van der Waals surface area contributed by atoms with Crippen molar-refractivity contribution in [2.24, 2.45) is 10.9 Å². The topological polar surface area (TPSA) is 84.6 Å². The number of carbonyl (C=O) groups is 1. The van der Waals surface area contributed by atoms with Crippen molar-refractivity contribution in [2.45, 2.75) is 32.4 Å². The molecule has 9 heteroatoms. The maximum atomic E-state index is 13.7. The number of fused-ring (bicyclic) bond motifs is 1. The van der Waals surface area contributed by atoms with Crippen LogP contribution in [0, 0.1) is 11.7 Å². The minimum atomic E-state index is -0.385. The normalized spacial score (nSPS) is 21.7. The predicted octanol–water partition coefficient (Wildman–Crippen LogP) is 2.23. The number of halogens is 1. The van der Waals surface area contributed by atoms with Crippen LogP contribution in [0.4, 0.5) is 10.2 Å². The summed E-state index contributed by atoms with van der Waals surface area (Å²) in [6.45, 7) is 3.54. The number of amidine groups is 1. The van der Waals surface area contributed by atoms with Crippen LogP contribution in [0.2, 0.25) is 0 Å². The molecule has 1 saturated heterocycles. The highest BCUT2D eigenvalue weighted by Crippen LogP contribution is 2.36. The molecule has 0 saturated carbocycles. The van der Waals surface area contributed by atoms with E-state index in [4.69, 9.17) is 9.83 Å². The second-order valence-electron chi connectivity index (χ2n) is 6.86. The lowest BCUT2D eigenvalue weighted by Gasteiger charge is -2.33. The molecule has 0 radical (unpaired) electrons. The number of hydrogen-bond acceptors (Lipinski definition) is 6. The van der Waals surface area contributed by atoms with Crippen molar-refractivity contribution >= 4 is 17.6 Å². The first-order valence-electron chi connectivity index (χ1n) is 8.93. The number of nitrogens with one attached hydrogen (secondary N) is 1. The zero-order valence-electron chi connectivity index (χ0n) is 15.2. The fraction of sp³-hybridized carbons (Fsp3) is 0.444. The smallest absolute Gasteiger partial charge is 0.280 e. The third-order valence-electron chi connectivity index (χ3n) is 5.02. The van der Waals surface area contributed by atoms with Gasteiger partial charge in [0.15, 0.2) is 5.82 Å². The van der Waals surface area contributed by atoms with Crippen LogP contribution >= 0.6 is 0 Å². The van der Waals surface area contributed by atoms with Gasteiger partial charge in [-0.3, -0.25) is 14.6 Å². The Kier molecular flexibility index (Phi) is 4.61. The van der Waals surface area contributed by atoms with Crippen molar-refractivity contribution < 1.29 is 14.0 Å². The van der Waals surface area contributed by atoms with Crippen LogP contribution < -0.4 is 5.48 Å². The zero-order chi connectivity index (χ0) is 19.0. The van der Waals surface area contributed by atoms with Crippen LogP contribution in [0.15, 0.2) is 29.6 Å². The maximum absolute atomic E-state index is 13.7. The van der Waals surface area contributed by atoms with Crippen LogP contribution in [0.3, 0.4) is 0 Å². The van der Waals surface area contributed by atoms with Crippen LogP contribution in [0.5, 0.6) is 0 Å². The van der Waals surface area contributed by atoms with E-state index in [0.717, 1.165) is 30.8 Å². The summed E-state index contributed by atoms with van der Waals surface area (Å²) in [6, 6.07) is 1.56. The van der Waals surface area contributed by atoms with Crippen molar-refractivity contribution in [3.05, 3.63) is 41.6 Å². The van der Waals surface area contributed by atoms with E-state index in [-0.39, 0.29) is 23.7 Å². The Hall–Kier alpha value is -2.81. The van der Waals surface area contributed by atoms with Gasteiger partial charge in [0.2, 0.25) is 0 Å². The fourth-order valence-corrected chi connectivity index (χ4v) is 3.84. The largest absolute Gasteiger partial charge is 0.353 e. The van der Waals surface area contributed by atoms with E-state index < -0.39 is 0 Å². The van der Waals surface area contributed by atoms with Crippen molar-refractivity contribution in [2.75, 3.05) is 13.7 Å². The maximum Gasteiger partial charge on any atom is 0.280 e. The van der Waals surface area contributed by atoms with E-state index in [1.165, 1.54) is 25.6 Å². The number of pyridine rings is 1. The van der Waals surface area contributed by atoms with Gasteiger partial charge in [-0.2, -0.15) is 5.10 Å². The average molecular weight is 372 g/mol. The number of aliphatic imine (C=N–C) groups is 1. The van der Waals surface area contributed by atoms with Crippen LogP contribution in [0.25, 0.3) is 0 Å². The van der Waals surface area contributed by atoms with Gasteiger partial charge < -0.3 is 4.90 Å². The second kappa shape index (κ2) is 7.07. The summed E-state index contributed by atoms with van der Waals surface area (Å²) in [5.41, 5.74) is 3.52. The van der Waals surface area contributed by atoms with Gasteiger partial charge in [0.1, 0.15) is 17.2 Å². The molecule has 27 heavy (non-hydrogen) atoms. The molecule has 0 aromatic carbocycles. The number of amides is 1. The summed E-state index contributed by atoms with van der Waals surface area (Å²) >= 11 is 0. The first kappa shape index (κ1) is 17.6. The van der Waals surface area contributed by atoms with Gasteiger partial charge in [-0.25, -0.2) is 19.5 Å². The molecule has 1 N–H and O–H groups in total. The molecule has 2 atom stereocenters. The number of hydrogen-bond donors (Lipinski definition) is 1. The number of nitrogens with zero attached hydrogens (tertiary/aromatic N) is 5. The Morgan fingerprint density at radius 1 is 1.37 bits per heavy atom. The first-order chi connectivity index (χ1) is 13.1. The first-order valence-corrected chi connectivity index (χ1v) is 8.93. The molecule has 1 unspecified atom stereocenters. The third kappa shape index (κ3) is 3.18. The van der Waals surface area contributed by atoms with Gasteiger partial charge in [0.25, 0.3) is 5.91 Å². The van der Waals surface area contributed by atoms with E-state index in [2.05, 4.69) is 27.4 Å². The zero-order valence-corrected chi connectivity index (χ0v) is 15.2. The monoisotopic (exact) mass is 372 g/mol.